The molecule has 0 aliphatic heterocycles. The van der Waals surface area contributed by atoms with Gasteiger partial charge in [-0.05, 0) is 38.8 Å². The number of esters is 1. The number of carbonyl (C=O) groups is 2. The predicted molar refractivity (Wildman–Crippen MR) is 99.3 cm³/mol. The van der Waals surface area contributed by atoms with Crippen molar-refractivity contribution >= 4 is 17.4 Å². The minimum absolute atomic E-state index is 0.117. The monoisotopic (exact) mass is 371 g/mol. The highest BCUT2D eigenvalue weighted by Crippen LogP contribution is 2.24. The van der Waals surface area contributed by atoms with Crippen molar-refractivity contribution in [2.24, 2.45) is 0 Å². The summed E-state index contributed by atoms with van der Waals surface area (Å²) in [6.07, 6.45) is 0. The molecule has 0 atom stereocenters. The van der Waals surface area contributed by atoms with E-state index in [0.717, 1.165) is 16.7 Å². The summed E-state index contributed by atoms with van der Waals surface area (Å²) in [4.78, 5) is 34.4. The fraction of sp³-hybridized carbons (Fsp3) is 0.300. The number of nitro benzene ring substituents is 1. The summed E-state index contributed by atoms with van der Waals surface area (Å²) in [5.74, 6) is -0.600. The largest absolute Gasteiger partial charge is 0.481 e. The molecule has 2 aromatic carbocycles. The number of hydrogen-bond donors (Lipinski definition) is 0. The summed E-state index contributed by atoms with van der Waals surface area (Å²) in [5.41, 5.74) is 3.32. The van der Waals surface area contributed by atoms with Gasteiger partial charge in [-0.3, -0.25) is 14.9 Å². The zero-order chi connectivity index (χ0) is 20.1. The Hall–Kier alpha value is -3.22. The minimum atomic E-state index is -0.690. The van der Waals surface area contributed by atoms with Gasteiger partial charge in [0, 0.05) is 17.2 Å². The van der Waals surface area contributed by atoms with E-state index in [9.17, 15) is 19.7 Å². The Labute approximate surface area is 157 Å². The molecule has 0 radical (unpaired) electrons. The molecule has 0 bridgehead atoms. The number of aryl methyl sites for hydroxylation is 4. The van der Waals surface area contributed by atoms with Gasteiger partial charge in [-0.25, -0.2) is 4.79 Å². The standard InChI is InChI=1S/C20H21NO6/c1-12-7-14(3)20(15(4)8-12)27-11-19(23)26-10-18(22)16-6-5-13(2)17(9-16)21(24)25/h5-9H,10-11H2,1-4H3. The Morgan fingerprint density at radius 3 is 2.19 bits per heavy atom. The van der Waals surface area contributed by atoms with Crippen LogP contribution in [-0.2, 0) is 9.53 Å². The first kappa shape index (κ1) is 20.1. The van der Waals surface area contributed by atoms with Gasteiger partial charge < -0.3 is 9.47 Å². The lowest BCUT2D eigenvalue weighted by atomic mass is 10.1. The van der Waals surface area contributed by atoms with Gasteiger partial charge in [0.1, 0.15) is 5.75 Å². The first-order chi connectivity index (χ1) is 12.7. The number of rotatable bonds is 7. The molecule has 0 aliphatic carbocycles. The van der Waals surface area contributed by atoms with Crippen LogP contribution in [0.5, 0.6) is 5.75 Å². The number of ketones is 1. The SMILES string of the molecule is Cc1cc(C)c(OCC(=O)OCC(=O)c2ccc(C)c([N+](=O)[O-])c2)c(C)c1. The highest BCUT2D eigenvalue weighted by atomic mass is 16.6. The second-order valence-corrected chi connectivity index (χ2v) is 6.36. The van der Waals surface area contributed by atoms with Crippen molar-refractivity contribution in [1.82, 2.24) is 0 Å². The van der Waals surface area contributed by atoms with E-state index >= 15 is 0 Å². The lowest BCUT2D eigenvalue weighted by Gasteiger charge is -2.12. The molecule has 0 fully saturated rings. The van der Waals surface area contributed by atoms with Crippen molar-refractivity contribution < 1.29 is 24.0 Å². The molecule has 0 saturated heterocycles. The maximum Gasteiger partial charge on any atom is 0.344 e. The van der Waals surface area contributed by atoms with Crippen LogP contribution in [-0.4, -0.2) is 29.9 Å². The van der Waals surface area contributed by atoms with Crippen molar-refractivity contribution in [1.29, 1.82) is 0 Å². The third-order valence-corrected chi connectivity index (χ3v) is 4.03. The van der Waals surface area contributed by atoms with Crippen molar-refractivity contribution in [2.75, 3.05) is 13.2 Å². The maximum atomic E-state index is 12.1. The maximum absolute atomic E-state index is 12.1. The van der Waals surface area contributed by atoms with Crippen molar-refractivity contribution in [3.8, 4) is 5.75 Å². The smallest absolute Gasteiger partial charge is 0.344 e. The normalized spacial score (nSPS) is 10.4. The number of benzene rings is 2. The molecule has 142 valence electrons. The zero-order valence-corrected chi connectivity index (χ0v) is 15.7. The van der Waals surface area contributed by atoms with E-state index in [-0.39, 0.29) is 17.9 Å². The van der Waals surface area contributed by atoms with E-state index in [1.165, 1.54) is 18.2 Å². The minimum Gasteiger partial charge on any atom is -0.481 e. The number of nitro groups is 1. The van der Waals surface area contributed by atoms with Crippen LogP contribution in [0.15, 0.2) is 30.3 Å². The second-order valence-electron chi connectivity index (χ2n) is 6.36. The number of hydrogen-bond acceptors (Lipinski definition) is 6. The van der Waals surface area contributed by atoms with Crippen LogP contribution in [0.2, 0.25) is 0 Å². The first-order valence-electron chi connectivity index (χ1n) is 8.33. The van der Waals surface area contributed by atoms with Gasteiger partial charge in [0.15, 0.2) is 13.2 Å². The van der Waals surface area contributed by atoms with Gasteiger partial charge >= 0.3 is 5.97 Å². The van der Waals surface area contributed by atoms with Crippen molar-refractivity contribution in [3.63, 3.8) is 0 Å². The highest BCUT2D eigenvalue weighted by molar-refractivity contribution is 5.98. The van der Waals surface area contributed by atoms with Crippen LogP contribution in [0.4, 0.5) is 5.69 Å². The second kappa shape index (κ2) is 8.44. The van der Waals surface area contributed by atoms with E-state index in [1.54, 1.807) is 6.92 Å². The molecule has 0 heterocycles. The predicted octanol–water partition coefficient (Wildman–Crippen LogP) is 3.63. The molecule has 0 aliphatic rings. The average Bonchev–Trinajstić information content (AvgIpc) is 2.58. The summed E-state index contributed by atoms with van der Waals surface area (Å²) >= 11 is 0. The van der Waals surface area contributed by atoms with Gasteiger partial charge in [-0.1, -0.05) is 29.8 Å². The molecule has 0 unspecified atom stereocenters. The van der Waals surface area contributed by atoms with E-state index in [1.807, 2.05) is 32.9 Å². The molecular weight excluding hydrogens is 350 g/mol. The summed E-state index contributed by atoms with van der Waals surface area (Å²) in [6.45, 7) is 6.49. The topological polar surface area (TPSA) is 95.7 Å². The summed E-state index contributed by atoms with van der Waals surface area (Å²) < 4.78 is 10.4. The quantitative estimate of drug-likeness (QED) is 0.319. The third kappa shape index (κ3) is 5.13. The summed E-state index contributed by atoms with van der Waals surface area (Å²) in [5, 5.41) is 11.0. The van der Waals surface area contributed by atoms with Crippen LogP contribution in [0, 0.1) is 37.8 Å². The fourth-order valence-electron chi connectivity index (χ4n) is 2.78. The number of Topliss-reactive ketones (excluding diaryl/α,β-unsaturated/α-hetero) is 1. The van der Waals surface area contributed by atoms with Crippen molar-refractivity contribution in [3.05, 3.63) is 68.3 Å². The van der Waals surface area contributed by atoms with Crippen LogP contribution in [0.1, 0.15) is 32.6 Å². The first-order valence-corrected chi connectivity index (χ1v) is 8.33. The van der Waals surface area contributed by atoms with E-state index in [4.69, 9.17) is 9.47 Å². The van der Waals surface area contributed by atoms with Gasteiger partial charge in [-0.15, -0.1) is 0 Å². The molecule has 0 saturated carbocycles. The lowest BCUT2D eigenvalue weighted by Crippen LogP contribution is -2.20. The van der Waals surface area contributed by atoms with Gasteiger partial charge in [0.2, 0.25) is 5.78 Å². The highest BCUT2D eigenvalue weighted by Gasteiger charge is 2.17. The van der Waals surface area contributed by atoms with Gasteiger partial charge in [0.25, 0.3) is 5.69 Å². The van der Waals surface area contributed by atoms with Crippen LogP contribution in [0.3, 0.4) is 0 Å². The molecule has 0 aromatic heterocycles. The Morgan fingerprint density at radius 1 is 0.963 bits per heavy atom. The molecule has 0 amide bonds. The van der Waals surface area contributed by atoms with Gasteiger partial charge in [-0.2, -0.15) is 0 Å². The molecule has 27 heavy (non-hydrogen) atoms. The van der Waals surface area contributed by atoms with E-state index in [2.05, 4.69) is 0 Å². The molecule has 7 nitrogen and oxygen atoms in total. The lowest BCUT2D eigenvalue weighted by molar-refractivity contribution is -0.385. The van der Waals surface area contributed by atoms with Gasteiger partial charge in [0.05, 0.1) is 4.92 Å². The molecular formula is C20H21NO6. The average molecular weight is 371 g/mol. The fourth-order valence-corrected chi connectivity index (χ4v) is 2.78. The molecule has 0 spiro atoms. The van der Waals surface area contributed by atoms with Crippen LogP contribution >= 0.6 is 0 Å². The Bertz CT molecular complexity index is 880. The molecule has 2 aromatic rings. The zero-order valence-electron chi connectivity index (χ0n) is 15.7. The van der Waals surface area contributed by atoms with Crippen LogP contribution in [0.25, 0.3) is 0 Å². The molecule has 2 rings (SSSR count). The molecule has 0 N–H and O–H groups in total. The summed E-state index contributed by atoms with van der Waals surface area (Å²) in [6, 6.07) is 8.03. The molecule has 7 heteroatoms. The Balaban J connectivity index is 1.93. The number of ether oxygens (including phenoxy) is 2. The van der Waals surface area contributed by atoms with Crippen molar-refractivity contribution in [2.45, 2.75) is 27.7 Å². The van der Waals surface area contributed by atoms with Crippen LogP contribution < -0.4 is 4.74 Å². The van der Waals surface area contributed by atoms with E-state index < -0.39 is 23.3 Å². The Morgan fingerprint density at radius 2 is 1.59 bits per heavy atom. The number of carbonyl (C=O) groups excluding carboxylic acids is 2. The number of nitrogens with zero attached hydrogens (tertiary/aromatic N) is 1. The van der Waals surface area contributed by atoms with E-state index in [0.29, 0.717) is 11.3 Å². The summed E-state index contributed by atoms with van der Waals surface area (Å²) in [7, 11) is 0. The Kier molecular flexibility index (Phi) is 6.28. The third-order valence-electron chi connectivity index (χ3n) is 4.03.